The molecule has 2 rings (SSSR count). The van der Waals surface area contributed by atoms with Crippen LogP contribution in [-0.2, 0) is 34.1 Å². The Morgan fingerprint density at radius 3 is 1.85 bits per heavy atom. The molecule has 1 saturated heterocycles. The normalized spacial score (nSPS) is 18.1. The number of aliphatic hydroxyl groups is 1. The highest BCUT2D eigenvalue weighted by molar-refractivity contribution is 8.19. The Balaban J connectivity index is 2.81. The Hall–Kier alpha value is 0.248. The number of thioether (sulfide) groups is 2. The third-order valence-electron chi connectivity index (χ3n) is 15.0. The van der Waals surface area contributed by atoms with Crippen LogP contribution in [0.2, 0.25) is 78.6 Å². The molecule has 4 atom stereocenters. The van der Waals surface area contributed by atoms with Gasteiger partial charge < -0.3 is 32.6 Å². The van der Waals surface area contributed by atoms with Crippen molar-refractivity contribution in [1.29, 1.82) is 0 Å². The molecule has 7 nitrogen and oxygen atoms in total. The van der Waals surface area contributed by atoms with Crippen LogP contribution in [0.1, 0.15) is 129 Å². The Kier molecular flexibility index (Phi) is 25.7. The highest BCUT2D eigenvalue weighted by Crippen LogP contribution is 2.57. The minimum absolute atomic E-state index is 0.0476. The maximum Gasteiger partial charge on any atom is 0.200 e. The number of hydrogen-bond donors (Lipinski definition) is 1. The molecule has 1 aromatic rings. The molecule has 0 radical (unpaired) electrons. The summed E-state index contributed by atoms with van der Waals surface area (Å²) in [6.07, 6.45) is 3.25. The van der Waals surface area contributed by atoms with Gasteiger partial charge in [0.2, 0.25) is 8.32 Å². The molecule has 0 saturated carbocycles. The maximum absolute atomic E-state index is 13.4. The first-order valence-electron chi connectivity index (χ1n) is 25.5. The molecule has 380 valence electrons. The van der Waals surface area contributed by atoms with Gasteiger partial charge in [0.1, 0.15) is 6.79 Å². The van der Waals surface area contributed by atoms with Gasteiger partial charge in [0, 0.05) is 26.5 Å². The van der Waals surface area contributed by atoms with Crippen LogP contribution in [0.4, 0.5) is 0 Å². The van der Waals surface area contributed by atoms with Gasteiger partial charge in [-0.2, -0.15) is 0 Å². The van der Waals surface area contributed by atoms with Crippen molar-refractivity contribution in [1.82, 2.24) is 0 Å². The van der Waals surface area contributed by atoms with E-state index in [1.54, 1.807) is 0 Å². The van der Waals surface area contributed by atoms with Crippen molar-refractivity contribution < 1.29 is 32.6 Å². The summed E-state index contributed by atoms with van der Waals surface area (Å²) < 4.78 is 41.2. The largest absolute Gasteiger partial charge is 0.414 e. The van der Waals surface area contributed by atoms with Crippen molar-refractivity contribution in [3.8, 4) is 0 Å². The fourth-order valence-corrected chi connectivity index (χ4v) is 23.8. The third kappa shape index (κ3) is 17.8. The molecule has 1 fully saturated rings. The van der Waals surface area contributed by atoms with E-state index >= 15 is 0 Å². The summed E-state index contributed by atoms with van der Waals surface area (Å²) >= 11 is 3.85. The Bertz CT molecular complexity index is 1470. The highest BCUT2D eigenvalue weighted by atomic mass is 32.2. The molecule has 0 amide bonds. The van der Waals surface area contributed by atoms with Gasteiger partial charge in [-0.15, -0.1) is 23.5 Å². The van der Waals surface area contributed by atoms with E-state index in [1.165, 1.54) is 0 Å². The second-order valence-corrected chi connectivity index (χ2v) is 46.9. The smallest absolute Gasteiger partial charge is 0.200 e. The number of hydrogen-bond acceptors (Lipinski definition) is 9. The predicted molar refractivity (Wildman–Crippen MR) is 296 cm³/mol. The molecule has 0 unspecified atom stereocenters. The summed E-state index contributed by atoms with van der Waals surface area (Å²) in [6.45, 7) is 49.1. The summed E-state index contributed by atoms with van der Waals surface area (Å²) in [5, 5.41) is 13.5. The molecule has 65 heavy (non-hydrogen) atoms. The summed E-state index contributed by atoms with van der Waals surface area (Å²) in [4.78, 5) is 0. The molecule has 1 aliphatic heterocycles. The fraction of sp³-hybridized carbons (Fsp3) is 0.846. The van der Waals surface area contributed by atoms with Gasteiger partial charge in [0.15, 0.2) is 16.6 Å². The van der Waals surface area contributed by atoms with Crippen LogP contribution in [-0.4, -0.2) is 105 Å². The van der Waals surface area contributed by atoms with Crippen LogP contribution >= 0.6 is 23.5 Å². The average Bonchev–Trinajstić information content (AvgIpc) is 3.22. The Morgan fingerprint density at radius 2 is 1.35 bits per heavy atom. The van der Waals surface area contributed by atoms with E-state index < -0.39 is 43.2 Å². The number of ether oxygens (including phenoxy) is 3. The molecule has 1 aromatic carbocycles. The lowest BCUT2D eigenvalue weighted by Gasteiger charge is -2.51. The first-order chi connectivity index (χ1) is 30.1. The number of rotatable bonds is 31. The van der Waals surface area contributed by atoms with Crippen molar-refractivity contribution >= 4 is 56.5 Å². The lowest BCUT2D eigenvalue weighted by Crippen LogP contribution is -2.54. The minimum Gasteiger partial charge on any atom is -0.414 e. The van der Waals surface area contributed by atoms with Gasteiger partial charge in [-0.3, -0.25) is 0 Å². The van der Waals surface area contributed by atoms with E-state index in [0.29, 0.717) is 55.9 Å². The average molecular weight is 1020 g/mol. The monoisotopic (exact) mass is 1010 g/mol. The van der Waals surface area contributed by atoms with E-state index in [4.69, 9.17) is 27.5 Å². The number of aliphatic hydroxyl groups excluding tert-OH is 1. The van der Waals surface area contributed by atoms with Crippen LogP contribution < -0.4 is 0 Å². The quantitative estimate of drug-likeness (QED) is 0.0339. The zero-order valence-electron chi connectivity index (χ0n) is 45.6. The van der Waals surface area contributed by atoms with Gasteiger partial charge in [0.05, 0.1) is 48.3 Å². The SMILES string of the molecule is CC[Si](CC)(CC)O[C@@H](C/C(=C\CO[Si](C(C)C)(C(C)C)C(C)C)[C@H](O)C1(C(C)(C)COCc2ccccc2)SCCCS1)C[C@@H](OCOCC[Si](C)(C)C)[C@@H](C)O[Si](C)(C)C(C)(C)C. The van der Waals surface area contributed by atoms with E-state index in [2.05, 4.69) is 167 Å². The first kappa shape index (κ1) is 61.4. The molecule has 1 heterocycles. The highest BCUT2D eigenvalue weighted by Gasteiger charge is 2.54. The molecule has 0 bridgehead atoms. The maximum atomic E-state index is 13.4. The topological polar surface area (TPSA) is 75.6 Å². The van der Waals surface area contributed by atoms with Gasteiger partial charge in [-0.1, -0.05) is 153 Å². The van der Waals surface area contributed by atoms with Crippen LogP contribution in [0, 0.1) is 5.41 Å². The predicted octanol–water partition coefficient (Wildman–Crippen LogP) is 15.6. The molecule has 0 spiro atoms. The zero-order valence-corrected chi connectivity index (χ0v) is 51.3. The molecular weight excluding hydrogens is 913 g/mol. The molecule has 13 heteroatoms. The number of benzene rings is 1. The van der Waals surface area contributed by atoms with Crippen molar-refractivity contribution in [2.75, 3.05) is 38.1 Å². The van der Waals surface area contributed by atoms with Crippen molar-refractivity contribution in [2.45, 2.75) is 237 Å². The molecule has 0 aromatic heterocycles. The lowest BCUT2D eigenvalue weighted by atomic mass is 9.82. The minimum atomic E-state index is -2.21. The fourth-order valence-electron chi connectivity index (χ4n) is 9.64. The Labute approximate surface area is 414 Å². The van der Waals surface area contributed by atoms with Crippen molar-refractivity contribution in [2.24, 2.45) is 5.41 Å². The van der Waals surface area contributed by atoms with E-state index in [0.717, 1.165) is 53.2 Å². The van der Waals surface area contributed by atoms with Gasteiger partial charge in [0.25, 0.3) is 0 Å². The second-order valence-electron chi connectivity index (χ2n) is 23.4. The van der Waals surface area contributed by atoms with E-state index in [1.807, 2.05) is 29.6 Å². The van der Waals surface area contributed by atoms with Crippen LogP contribution in [0.25, 0.3) is 0 Å². The van der Waals surface area contributed by atoms with Crippen molar-refractivity contribution in [3.05, 3.63) is 47.5 Å². The van der Waals surface area contributed by atoms with Crippen LogP contribution in [0.3, 0.4) is 0 Å². The van der Waals surface area contributed by atoms with E-state index in [-0.39, 0.29) is 35.6 Å². The second kappa shape index (κ2) is 27.2. The van der Waals surface area contributed by atoms with Gasteiger partial charge >= 0.3 is 0 Å². The standard InChI is InChI=1S/C52H102O7S2Si4/c1-21-64(22-2,23-3)59-47(37-48(56-40-54-32-35-62(16,17)18)44(10)58-63(19,20)50(11,12)13)36-46(30-31-57-65(41(4)5,42(6)7)43(8)9)49(53)52(60-33-27-34-61-52)51(14,15)39-55-38-45-28-25-24-26-29-45/h24-26,28-30,41-44,47-49,53H,21-23,27,31-40H2,1-20H3/b46-30+/t44-,47+,48-,49+/m1/s1. The van der Waals surface area contributed by atoms with Gasteiger partial charge in [-0.25, -0.2) is 0 Å². The van der Waals surface area contributed by atoms with Gasteiger partial charge in [-0.05, 0) is 101 Å². The first-order valence-corrected chi connectivity index (χ1v) is 38.8. The van der Waals surface area contributed by atoms with E-state index in [9.17, 15) is 5.11 Å². The summed E-state index contributed by atoms with van der Waals surface area (Å²) in [5.41, 5.74) is 3.16. The zero-order chi connectivity index (χ0) is 49.5. The molecule has 1 aliphatic rings. The molecule has 1 N–H and O–H groups in total. The van der Waals surface area contributed by atoms with Crippen molar-refractivity contribution in [3.63, 3.8) is 0 Å². The van der Waals surface area contributed by atoms with Crippen LogP contribution in [0.15, 0.2) is 42.0 Å². The summed E-state index contributed by atoms with van der Waals surface area (Å²) in [5.74, 6) is 1.99. The lowest BCUT2D eigenvalue weighted by molar-refractivity contribution is -0.125. The summed E-state index contributed by atoms with van der Waals surface area (Å²) in [7, 11) is -7.79. The Morgan fingerprint density at radius 1 is 0.800 bits per heavy atom. The summed E-state index contributed by atoms with van der Waals surface area (Å²) in [6, 6.07) is 14.6. The van der Waals surface area contributed by atoms with Crippen LogP contribution in [0.5, 0.6) is 0 Å². The molecule has 0 aliphatic carbocycles. The molecular formula is C52H102O7S2Si4. The third-order valence-corrected chi connectivity index (χ3v) is 36.2.